The van der Waals surface area contributed by atoms with Crippen LogP contribution >= 0.6 is 0 Å². The van der Waals surface area contributed by atoms with Crippen LogP contribution in [-0.2, 0) is 6.54 Å². The fraction of sp³-hybridized carbons (Fsp3) is 0.647. The van der Waals surface area contributed by atoms with Gasteiger partial charge in [-0.25, -0.2) is 0 Å². The highest BCUT2D eigenvalue weighted by atomic mass is 16.5. The van der Waals surface area contributed by atoms with Gasteiger partial charge in [0.15, 0.2) is 0 Å². The predicted octanol–water partition coefficient (Wildman–Crippen LogP) is 3.61. The van der Waals surface area contributed by atoms with Gasteiger partial charge >= 0.3 is 0 Å². The van der Waals surface area contributed by atoms with Gasteiger partial charge in [-0.1, -0.05) is 6.42 Å². The van der Waals surface area contributed by atoms with Crippen LogP contribution in [0.4, 0.5) is 0 Å². The Balaban J connectivity index is 2.14. The molecule has 1 aliphatic rings. The number of hydrogen-bond acceptors (Lipinski definition) is 2. The zero-order valence-electron chi connectivity index (χ0n) is 13.3. The highest BCUT2D eigenvalue weighted by molar-refractivity contribution is 5.38. The summed E-state index contributed by atoms with van der Waals surface area (Å²) in [7, 11) is 8.11. The van der Waals surface area contributed by atoms with E-state index in [1.54, 1.807) is 14.2 Å². The molecule has 0 N–H and O–H groups in total. The third kappa shape index (κ3) is 3.66. The second-order valence-corrected chi connectivity index (χ2v) is 6.45. The van der Waals surface area contributed by atoms with Gasteiger partial charge in [0.1, 0.15) is 18.0 Å². The predicted molar refractivity (Wildman–Crippen MR) is 82.2 cm³/mol. The summed E-state index contributed by atoms with van der Waals surface area (Å²) in [6, 6.07) is 6.97. The molecule has 1 fully saturated rings. The molecule has 2 rings (SSSR count). The van der Waals surface area contributed by atoms with Gasteiger partial charge in [-0.2, -0.15) is 0 Å². The van der Waals surface area contributed by atoms with Crippen LogP contribution in [0.3, 0.4) is 0 Å². The molecule has 0 spiro atoms. The smallest absolute Gasteiger partial charge is 0.123 e. The fourth-order valence-electron chi connectivity index (χ4n) is 3.34. The summed E-state index contributed by atoms with van der Waals surface area (Å²) in [6.07, 6.45) is 6.88. The quantitative estimate of drug-likeness (QED) is 0.766. The van der Waals surface area contributed by atoms with E-state index in [1.165, 1.54) is 37.7 Å². The number of hydrogen-bond donors (Lipinski definition) is 0. The van der Waals surface area contributed by atoms with Crippen LogP contribution in [0.2, 0.25) is 0 Å². The van der Waals surface area contributed by atoms with E-state index in [1.807, 2.05) is 6.07 Å². The van der Waals surface area contributed by atoms with Crippen LogP contribution in [-0.4, -0.2) is 38.8 Å². The standard InChI is InChI=1S/C17H28NO2/c1-18(2,15-8-6-5-7-9-15)13-14-10-16(19-3)12-17(11-14)20-4/h10-12,15H,5-9,13H2,1-4H3/q+1. The lowest BCUT2D eigenvalue weighted by atomic mass is 9.92. The summed E-state index contributed by atoms with van der Waals surface area (Å²) in [5.74, 6) is 1.76. The molecule has 0 saturated heterocycles. The molecule has 0 bridgehead atoms. The van der Waals surface area contributed by atoms with Gasteiger partial charge in [-0.15, -0.1) is 0 Å². The maximum atomic E-state index is 5.37. The van der Waals surface area contributed by atoms with Crippen molar-refractivity contribution in [2.75, 3.05) is 28.3 Å². The summed E-state index contributed by atoms with van der Waals surface area (Å²) >= 11 is 0. The molecular weight excluding hydrogens is 250 g/mol. The van der Waals surface area contributed by atoms with Gasteiger partial charge in [0.05, 0.1) is 34.4 Å². The molecule has 1 aromatic rings. The van der Waals surface area contributed by atoms with E-state index >= 15 is 0 Å². The Morgan fingerprint density at radius 2 is 1.50 bits per heavy atom. The van der Waals surface area contributed by atoms with E-state index in [2.05, 4.69) is 26.2 Å². The second-order valence-electron chi connectivity index (χ2n) is 6.45. The van der Waals surface area contributed by atoms with Crippen LogP contribution in [0.15, 0.2) is 18.2 Å². The molecule has 20 heavy (non-hydrogen) atoms. The van der Waals surface area contributed by atoms with Gasteiger partial charge in [-0.05, 0) is 37.8 Å². The minimum absolute atomic E-state index is 0.779. The van der Waals surface area contributed by atoms with Crippen LogP contribution in [0.25, 0.3) is 0 Å². The Labute approximate surface area is 123 Å². The first-order valence-corrected chi connectivity index (χ1v) is 7.60. The molecule has 0 heterocycles. The molecule has 0 aliphatic heterocycles. The molecule has 0 unspecified atom stereocenters. The normalized spacial score (nSPS) is 17.0. The Morgan fingerprint density at radius 1 is 0.950 bits per heavy atom. The lowest BCUT2D eigenvalue weighted by Gasteiger charge is -2.40. The Bertz CT molecular complexity index is 414. The minimum atomic E-state index is 0.779. The molecule has 0 aromatic heterocycles. The number of nitrogens with zero attached hydrogens (tertiary/aromatic N) is 1. The lowest BCUT2D eigenvalue weighted by Crippen LogP contribution is -2.48. The van der Waals surface area contributed by atoms with Gasteiger partial charge in [0.25, 0.3) is 0 Å². The van der Waals surface area contributed by atoms with E-state index in [9.17, 15) is 0 Å². The molecule has 112 valence electrons. The van der Waals surface area contributed by atoms with Crippen molar-refractivity contribution < 1.29 is 14.0 Å². The van der Waals surface area contributed by atoms with Gasteiger partial charge in [0, 0.05) is 11.6 Å². The molecule has 1 aromatic carbocycles. The third-order valence-electron chi connectivity index (χ3n) is 4.56. The van der Waals surface area contributed by atoms with E-state index in [-0.39, 0.29) is 0 Å². The number of benzene rings is 1. The zero-order chi connectivity index (χ0) is 14.6. The maximum Gasteiger partial charge on any atom is 0.123 e. The maximum absolute atomic E-state index is 5.37. The summed E-state index contributed by atoms with van der Waals surface area (Å²) in [6.45, 7) is 1.03. The van der Waals surface area contributed by atoms with Crippen molar-refractivity contribution in [3.05, 3.63) is 23.8 Å². The molecule has 3 heteroatoms. The highest BCUT2D eigenvalue weighted by Crippen LogP contribution is 2.30. The summed E-state index contributed by atoms with van der Waals surface area (Å²) in [4.78, 5) is 0. The summed E-state index contributed by atoms with van der Waals surface area (Å²) in [5.41, 5.74) is 1.29. The zero-order valence-corrected chi connectivity index (χ0v) is 13.3. The number of ether oxygens (including phenoxy) is 2. The average molecular weight is 278 g/mol. The fourth-order valence-corrected chi connectivity index (χ4v) is 3.34. The topological polar surface area (TPSA) is 18.5 Å². The largest absolute Gasteiger partial charge is 0.497 e. The average Bonchev–Trinajstić information content (AvgIpc) is 2.47. The summed E-state index contributed by atoms with van der Waals surface area (Å²) < 4.78 is 11.8. The SMILES string of the molecule is COc1cc(C[N+](C)(C)C2CCCCC2)cc(OC)c1. The van der Waals surface area contributed by atoms with Crippen molar-refractivity contribution in [3.8, 4) is 11.5 Å². The van der Waals surface area contributed by atoms with Crippen molar-refractivity contribution in [1.82, 2.24) is 0 Å². The van der Waals surface area contributed by atoms with E-state index in [4.69, 9.17) is 9.47 Å². The van der Waals surface area contributed by atoms with Gasteiger partial charge in [-0.3, -0.25) is 0 Å². The Hall–Kier alpha value is -1.22. The lowest BCUT2D eigenvalue weighted by molar-refractivity contribution is -0.929. The first kappa shape index (κ1) is 15.2. The monoisotopic (exact) mass is 278 g/mol. The van der Waals surface area contributed by atoms with Crippen molar-refractivity contribution in [1.29, 1.82) is 0 Å². The number of methoxy groups -OCH3 is 2. The second kappa shape index (κ2) is 6.49. The molecule has 0 atom stereocenters. The van der Waals surface area contributed by atoms with Crippen molar-refractivity contribution in [2.45, 2.75) is 44.7 Å². The number of rotatable bonds is 5. The van der Waals surface area contributed by atoms with Gasteiger partial charge in [0.2, 0.25) is 0 Å². The van der Waals surface area contributed by atoms with E-state index in [0.717, 1.165) is 28.6 Å². The van der Waals surface area contributed by atoms with Crippen LogP contribution in [0.1, 0.15) is 37.7 Å². The highest BCUT2D eigenvalue weighted by Gasteiger charge is 2.30. The van der Waals surface area contributed by atoms with E-state index in [0.29, 0.717) is 0 Å². The van der Waals surface area contributed by atoms with Gasteiger partial charge < -0.3 is 14.0 Å². The first-order valence-electron chi connectivity index (χ1n) is 7.60. The molecule has 1 aliphatic carbocycles. The molecule has 0 amide bonds. The van der Waals surface area contributed by atoms with Crippen molar-refractivity contribution in [2.24, 2.45) is 0 Å². The van der Waals surface area contributed by atoms with Crippen molar-refractivity contribution >= 4 is 0 Å². The summed E-state index contributed by atoms with van der Waals surface area (Å²) in [5, 5.41) is 0. The molecule has 3 nitrogen and oxygen atoms in total. The van der Waals surface area contributed by atoms with Crippen LogP contribution in [0.5, 0.6) is 11.5 Å². The third-order valence-corrected chi connectivity index (χ3v) is 4.56. The Morgan fingerprint density at radius 3 is 2.00 bits per heavy atom. The number of quaternary nitrogens is 1. The van der Waals surface area contributed by atoms with Crippen LogP contribution in [0, 0.1) is 0 Å². The first-order chi connectivity index (χ1) is 9.55. The van der Waals surface area contributed by atoms with Crippen molar-refractivity contribution in [3.63, 3.8) is 0 Å². The molecular formula is C17H28NO2+. The molecule has 1 saturated carbocycles. The Kier molecular flexibility index (Phi) is 4.92. The molecule has 0 radical (unpaired) electrons. The van der Waals surface area contributed by atoms with E-state index < -0.39 is 0 Å². The van der Waals surface area contributed by atoms with Crippen LogP contribution < -0.4 is 9.47 Å². The minimum Gasteiger partial charge on any atom is -0.497 e.